The highest BCUT2D eigenvalue weighted by molar-refractivity contribution is 5.84. The molecule has 2 saturated heterocycles. The second-order valence-corrected chi connectivity index (χ2v) is 7.11. The summed E-state index contributed by atoms with van der Waals surface area (Å²) in [5, 5.41) is 2.95. The molecule has 26 heavy (non-hydrogen) atoms. The van der Waals surface area contributed by atoms with Gasteiger partial charge >= 0.3 is 0 Å². The summed E-state index contributed by atoms with van der Waals surface area (Å²) in [6, 6.07) is 8.33. The molecule has 0 aliphatic carbocycles. The fourth-order valence-electron chi connectivity index (χ4n) is 3.49. The van der Waals surface area contributed by atoms with Gasteiger partial charge in [0.15, 0.2) is 0 Å². The van der Waals surface area contributed by atoms with E-state index in [2.05, 4.69) is 22.3 Å². The number of hydrogen-bond donors (Lipinski definition) is 1. The minimum Gasteiger partial charge on any atom is -0.379 e. The Hall–Kier alpha value is -1.92. The Morgan fingerprint density at radius 2 is 1.88 bits per heavy atom. The molecule has 1 aromatic carbocycles. The molecule has 2 aliphatic heterocycles. The second-order valence-electron chi connectivity index (χ2n) is 7.11. The number of rotatable bonds is 6. The molecule has 0 bridgehead atoms. The van der Waals surface area contributed by atoms with Crippen LogP contribution in [0, 0.1) is 0 Å². The van der Waals surface area contributed by atoms with Gasteiger partial charge < -0.3 is 15.0 Å². The first kappa shape index (κ1) is 18.9. The third-order valence-electron chi connectivity index (χ3n) is 5.00. The maximum absolute atomic E-state index is 12.2. The third-order valence-corrected chi connectivity index (χ3v) is 5.00. The molecule has 6 heteroatoms. The van der Waals surface area contributed by atoms with Crippen molar-refractivity contribution in [3.63, 3.8) is 0 Å². The van der Waals surface area contributed by atoms with Gasteiger partial charge in [0.1, 0.15) is 0 Å². The summed E-state index contributed by atoms with van der Waals surface area (Å²) in [7, 11) is 0. The van der Waals surface area contributed by atoms with Crippen molar-refractivity contribution in [3.05, 3.63) is 35.4 Å². The summed E-state index contributed by atoms with van der Waals surface area (Å²) < 4.78 is 5.39. The topological polar surface area (TPSA) is 61.9 Å². The second kappa shape index (κ2) is 9.69. The molecule has 1 aromatic rings. The van der Waals surface area contributed by atoms with E-state index < -0.39 is 0 Å². The van der Waals surface area contributed by atoms with Crippen molar-refractivity contribution in [2.45, 2.75) is 38.8 Å². The number of hydrogen-bond acceptors (Lipinski definition) is 4. The van der Waals surface area contributed by atoms with Crippen LogP contribution in [0.1, 0.15) is 36.8 Å². The van der Waals surface area contributed by atoms with E-state index in [0.29, 0.717) is 19.5 Å². The fraction of sp³-hybridized carbons (Fsp3) is 0.600. The lowest BCUT2D eigenvalue weighted by atomic mass is 10.1. The monoisotopic (exact) mass is 359 g/mol. The number of likely N-dealkylation sites (tertiary alicyclic amines) is 1. The van der Waals surface area contributed by atoms with Crippen molar-refractivity contribution in [1.29, 1.82) is 0 Å². The maximum atomic E-state index is 12.2. The zero-order chi connectivity index (χ0) is 18.2. The Labute approximate surface area is 155 Å². The summed E-state index contributed by atoms with van der Waals surface area (Å²) in [4.78, 5) is 28.3. The molecule has 0 spiro atoms. The number of carbonyl (C=O) groups is 2. The average molecular weight is 359 g/mol. The number of amides is 2. The zero-order valence-corrected chi connectivity index (χ0v) is 15.4. The Morgan fingerprint density at radius 3 is 2.73 bits per heavy atom. The molecule has 3 rings (SSSR count). The van der Waals surface area contributed by atoms with E-state index in [0.717, 1.165) is 57.7 Å². The van der Waals surface area contributed by atoms with Gasteiger partial charge in [-0.1, -0.05) is 30.7 Å². The lowest BCUT2D eigenvalue weighted by Gasteiger charge is -2.26. The molecule has 2 fully saturated rings. The molecule has 2 amide bonds. The van der Waals surface area contributed by atoms with Crippen LogP contribution in [-0.4, -0.2) is 61.0 Å². The van der Waals surface area contributed by atoms with Crippen LogP contribution in [0.15, 0.2) is 24.3 Å². The van der Waals surface area contributed by atoms with Crippen molar-refractivity contribution in [3.8, 4) is 0 Å². The summed E-state index contributed by atoms with van der Waals surface area (Å²) in [6.45, 7) is 5.80. The predicted molar refractivity (Wildman–Crippen MR) is 99.4 cm³/mol. The van der Waals surface area contributed by atoms with Crippen LogP contribution >= 0.6 is 0 Å². The summed E-state index contributed by atoms with van der Waals surface area (Å²) in [6.07, 6.45) is 3.56. The van der Waals surface area contributed by atoms with Gasteiger partial charge in [-0.2, -0.15) is 0 Å². The highest BCUT2D eigenvalue weighted by atomic mass is 16.5. The van der Waals surface area contributed by atoms with E-state index in [1.807, 2.05) is 12.1 Å². The number of benzene rings is 1. The summed E-state index contributed by atoms with van der Waals surface area (Å²) >= 11 is 0. The maximum Gasteiger partial charge on any atom is 0.239 e. The Morgan fingerprint density at radius 1 is 1.08 bits per heavy atom. The first-order valence-corrected chi connectivity index (χ1v) is 9.63. The Bertz CT molecular complexity index is 614. The molecular formula is C20H29N3O3. The van der Waals surface area contributed by atoms with Crippen LogP contribution in [0.2, 0.25) is 0 Å². The molecule has 0 unspecified atom stereocenters. The molecule has 142 valence electrons. The summed E-state index contributed by atoms with van der Waals surface area (Å²) in [5.41, 5.74) is 2.34. The highest BCUT2D eigenvalue weighted by Gasteiger charge is 2.19. The molecule has 0 saturated carbocycles. The highest BCUT2D eigenvalue weighted by Crippen LogP contribution is 2.12. The first-order valence-electron chi connectivity index (χ1n) is 9.63. The smallest absolute Gasteiger partial charge is 0.239 e. The van der Waals surface area contributed by atoms with Gasteiger partial charge in [-0.15, -0.1) is 0 Å². The van der Waals surface area contributed by atoms with Crippen LogP contribution in [0.3, 0.4) is 0 Å². The van der Waals surface area contributed by atoms with Crippen molar-refractivity contribution in [2.24, 2.45) is 0 Å². The van der Waals surface area contributed by atoms with Crippen molar-refractivity contribution in [1.82, 2.24) is 15.1 Å². The number of nitrogens with zero attached hydrogens (tertiary/aromatic N) is 2. The van der Waals surface area contributed by atoms with Crippen LogP contribution < -0.4 is 5.32 Å². The number of morpholine rings is 1. The number of carbonyl (C=O) groups excluding carboxylic acids is 2. The van der Waals surface area contributed by atoms with Crippen molar-refractivity contribution < 1.29 is 14.3 Å². The van der Waals surface area contributed by atoms with E-state index in [-0.39, 0.29) is 18.4 Å². The molecule has 6 nitrogen and oxygen atoms in total. The number of nitrogens with one attached hydrogen (secondary N) is 1. The van der Waals surface area contributed by atoms with Gasteiger partial charge in [-0.3, -0.25) is 14.5 Å². The fourth-order valence-corrected chi connectivity index (χ4v) is 3.49. The average Bonchev–Trinajstić information content (AvgIpc) is 2.86. The van der Waals surface area contributed by atoms with E-state index in [9.17, 15) is 9.59 Å². The van der Waals surface area contributed by atoms with Gasteiger partial charge in [0.05, 0.1) is 19.8 Å². The molecule has 0 aromatic heterocycles. The lowest BCUT2D eigenvalue weighted by Crippen LogP contribution is -2.40. The number of ether oxygens (including phenoxy) is 1. The zero-order valence-electron chi connectivity index (χ0n) is 15.4. The third kappa shape index (κ3) is 5.81. The van der Waals surface area contributed by atoms with Crippen LogP contribution in [-0.2, 0) is 27.4 Å². The van der Waals surface area contributed by atoms with Crippen molar-refractivity contribution in [2.75, 3.05) is 39.4 Å². The van der Waals surface area contributed by atoms with Crippen LogP contribution in [0.25, 0.3) is 0 Å². The van der Waals surface area contributed by atoms with E-state index in [4.69, 9.17) is 4.74 Å². The standard InChI is InChI=1S/C20H29N3O3/c24-19(16-23-8-3-1-2-7-20(23)25)21-14-17-5-4-6-18(13-17)15-22-9-11-26-12-10-22/h4-6,13H,1-3,7-12,14-16H2,(H,21,24). The van der Waals surface area contributed by atoms with Crippen LogP contribution in [0.4, 0.5) is 0 Å². The van der Waals surface area contributed by atoms with E-state index in [1.165, 1.54) is 5.56 Å². The minimum absolute atomic E-state index is 0.0844. The van der Waals surface area contributed by atoms with E-state index >= 15 is 0 Å². The molecular weight excluding hydrogens is 330 g/mol. The van der Waals surface area contributed by atoms with E-state index in [1.54, 1.807) is 4.90 Å². The quantitative estimate of drug-likeness (QED) is 0.837. The Kier molecular flexibility index (Phi) is 7.03. The van der Waals surface area contributed by atoms with Gasteiger partial charge in [0.25, 0.3) is 0 Å². The lowest BCUT2D eigenvalue weighted by molar-refractivity contribution is -0.135. The molecule has 0 radical (unpaired) electrons. The summed E-state index contributed by atoms with van der Waals surface area (Å²) in [5.74, 6) is 0.0176. The van der Waals surface area contributed by atoms with Gasteiger partial charge in [-0.05, 0) is 24.0 Å². The SMILES string of the molecule is O=C(CN1CCCCCC1=O)NCc1cccc(CN2CCOCC2)c1. The van der Waals surface area contributed by atoms with Gasteiger partial charge in [0, 0.05) is 39.1 Å². The predicted octanol–water partition coefficient (Wildman–Crippen LogP) is 1.54. The van der Waals surface area contributed by atoms with Gasteiger partial charge in [-0.25, -0.2) is 0 Å². The molecule has 2 heterocycles. The molecule has 1 N–H and O–H groups in total. The minimum atomic E-state index is -0.0844. The van der Waals surface area contributed by atoms with Crippen LogP contribution in [0.5, 0.6) is 0 Å². The molecule has 2 aliphatic rings. The first-order chi connectivity index (χ1) is 12.7. The Balaban J connectivity index is 1.46. The van der Waals surface area contributed by atoms with Gasteiger partial charge in [0.2, 0.25) is 11.8 Å². The largest absolute Gasteiger partial charge is 0.379 e. The molecule has 0 atom stereocenters. The van der Waals surface area contributed by atoms with Crippen molar-refractivity contribution >= 4 is 11.8 Å². The normalized spacial score (nSPS) is 19.2.